The molecule has 0 unspecified atom stereocenters. The number of benzene rings is 11. The van der Waals surface area contributed by atoms with E-state index >= 15 is 0 Å². The number of para-hydroxylation sites is 6. The highest BCUT2D eigenvalue weighted by Gasteiger charge is 2.24. The number of aromatic nitrogens is 1. The van der Waals surface area contributed by atoms with Crippen LogP contribution in [0.3, 0.4) is 0 Å². The number of furan rings is 1. The maximum absolute atomic E-state index is 6.49. The second-order valence-corrected chi connectivity index (χ2v) is 17.3. The van der Waals surface area contributed by atoms with Crippen LogP contribution in [0.1, 0.15) is 5.56 Å². The summed E-state index contributed by atoms with van der Waals surface area (Å²) in [7, 11) is 0. The van der Waals surface area contributed by atoms with Gasteiger partial charge in [-0.25, -0.2) is 0 Å². The lowest BCUT2D eigenvalue weighted by molar-refractivity contribution is 0.670. The Morgan fingerprint density at radius 2 is 0.833 bits per heavy atom. The first-order valence-corrected chi connectivity index (χ1v) is 22.7. The van der Waals surface area contributed by atoms with Gasteiger partial charge in [0.05, 0.1) is 22.4 Å². The van der Waals surface area contributed by atoms with Gasteiger partial charge in [0.15, 0.2) is 0 Å². The van der Waals surface area contributed by atoms with E-state index in [1.807, 2.05) is 12.1 Å². The highest BCUT2D eigenvalue weighted by atomic mass is 16.3. The second-order valence-electron chi connectivity index (χ2n) is 17.3. The molecular formula is C63H42N2O. The third-order valence-corrected chi connectivity index (χ3v) is 13.6. The SMILES string of the molecule is Cc1ccccc1-c1c(-c2cccc(-c3ccccc3-n3c4ccccc4c4ccccc43)c2Nc2ccc(-c3cccc4c3oc3ccccc34)cc2)c2ccccc2c2ccccc12. The van der Waals surface area contributed by atoms with Crippen molar-refractivity contribution in [3.8, 4) is 50.2 Å². The van der Waals surface area contributed by atoms with Crippen LogP contribution in [0.25, 0.3) is 115 Å². The van der Waals surface area contributed by atoms with Gasteiger partial charge in [0, 0.05) is 55.0 Å². The molecule has 11 aromatic carbocycles. The van der Waals surface area contributed by atoms with Crippen molar-refractivity contribution in [2.75, 3.05) is 5.32 Å². The lowest BCUT2D eigenvalue weighted by Gasteiger charge is -2.24. The fraction of sp³-hybridized carbons (Fsp3) is 0.0159. The van der Waals surface area contributed by atoms with Crippen molar-refractivity contribution in [1.82, 2.24) is 4.57 Å². The van der Waals surface area contributed by atoms with Gasteiger partial charge in [-0.1, -0.05) is 194 Å². The molecule has 3 heteroatoms. The molecule has 0 atom stereocenters. The van der Waals surface area contributed by atoms with E-state index in [1.165, 1.54) is 65.6 Å². The number of rotatable bonds is 7. The zero-order chi connectivity index (χ0) is 43.7. The molecule has 0 saturated heterocycles. The average Bonchev–Trinajstić information content (AvgIpc) is 3.93. The minimum atomic E-state index is 0.898. The molecule has 310 valence electrons. The number of fused-ring (bicyclic) bond motifs is 9. The van der Waals surface area contributed by atoms with Gasteiger partial charge in [0.2, 0.25) is 0 Å². The molecule has 0 bridgehead atoms. The van der Waals surface area contributed by atoms with Gasteiger partial charge in [0.1, 0.15) is 11.2 Å². The van der Waals surface area contributed by atoms with Crippen molar-refractivity contribution in [3.05, 3.63) is 236 Å². The number of anilines is 2. The largest absolute Gasteiger partial charge is 0.455 e. The Kier molecular flexibility index (Phi) is 8.75. The van der Waals surface area contributed by atoms with Crippen LogP contribution in [0.2, 0.25) is 0 Å². The monoisotopic (exact) mass is 842 g/mol. The molecule has 2 aromatic heterocycles. The molecular weight excluding hydrogens is 801 g/mol. The Bertz CT molecular complexity index is 3980. The topological polar surface area (TPSA) is 30.1 Å². The van der Waals surface area contributed by atoms with Crippen LogP contribution in [0, 0.1) is 6.92 Å². The summed E-state index contributed by atoms with van der Waals surface area (Å²) in [6, 6.07) is 83.4. The molecule has 66 heavy (non-hydrogen) atoms. The van der Waals surface area contributed by atoms with E-state index < -0.39 is 0 Å². The zero-order valence-electron chi connectivity index (χ0n) is 36.3. The Hall–Kier alpha value is -8.66. The second kappa shape index (κ2) is 15.3. The average molecular weight is 843 g/mol. The summed E-state index contributed by atoms with van der Waals surface area (Å²) in [5.74, 6) is 0. The van der Waals surface area contributed by atoms with Crippen molar-refractivity contribution < 1.29 is 4.42 Å². The van der Waals surface area contributed by atoms with Crippen molar-refractivity contribution in [1.29, 1.82) is 0 Å². The minimum absolute atomic E-state index is 0.898. The fourth-order valence-corrected chi connectivity index (χ4v) is 10.6. The maximum atomic E-state index is 6.49. The van der Waals surface area contributed by atoms with Crippen LogP contribution in [0.5, 0.6) is 0 Å². The van der Waals surface area contributed by atoms with E-state index in [2.05, 4.69) is 235 Å². The van der Waals surface area contributed by atoms with E-state index in [1.54, 1.807) is 0 Å². The van der Waals surface area contributed by atoms with Gasteiger partial charge in [-0.2, -0.15) is 0 Å². The molecule has 0 saturated carbocycles. The predicted octanol–water partition coefficient (Wildman–Crippen LogP) is 17.7. The highest BCUT2D eigenvalue weighted by molar-refractivity contribution is 6.23. The van der Waals surface area contributed by atoms with Crippen molar-refractivity contribution in [2.24, 2.45) is 0 Å². The lowest BCUT2D eigenvalue weighted by atomic mass is 9.82. The number of hydrogen-bond donors (Lipinski definition) is 1. The molecule has 0 aliphatic rings. The van der Waals surface area contributed by atoms with Gasteiger partial charge in [0.25, 0.3) is 0 Å². The lowest BCUT2D eigenvalue weighted by Crippen LogP contribution is -2.02. The third-order valence-electron chi connectivity index (χ3n) is 13.6. The molecule has 1 N–H and O–H groups in total. The van der Waals surface area contributed by atoms with Crippen molar-refractivity contribution in [3.63, 3.8) is 0 Å². The zero-order valence-corrected chi connectivity index (χ0v) is 36.3. The summed E-state index contributed by atoms with van der Waals surface area (Å²) >= 11 is 0. The Labute approximate surface area is 382 Å². The molecule has 2 heterocycles. The number of aryl methyl sites for hydroxylation is 1. The maximum Gasteiger partial charge on any atom is 0.143 e. The molecule has 13 rings (SSSR count). The van der Waals surface area contributed by atoms with E-state index in [-0.39, 0.29) is 0 Å². The van der Waals surface area contributed by atoms with Crippen LogP contribution in [-0.2, 0) is 0 Å². The Balaban J connectivity index is 1.08. The molecule has 3 nitrogen and oxygen atoms in total. The van der Waals surface area contributed by atoms with E-state index in [0.717, 1.165) is 66.8 Å². The third kappa shape index (κ3) is 5.91. The number of nitrogens with one attached hydrogen (secondary N) is 1. The molecule has 0 spiro atoms. The standard InChI is InChI=1S/C63H42N2O/c1-40-18-2-3-19-43(40)60-51-26-6-4-20-45(51)46-21-5-7-27-52(46)61(60)55-31-17-29-53(49-24-10-14-34-58(49)65-56-32-12-8-22-47(56)48-23-9-13-33-57(48)65)62(55)64-42-38-36-41(37-39-42)44-28-16-30-54-50-25-11-15-35-59(50)66-63(44)54/h2-39,64H,1H3. The van der Waals surface area contributed by atoms with E-state index in [4.69, 9.17) is 4.42 Å². The molecule has 13 aromatic rings. The van der Waals surface area contributed by atoms with Crippen LogP contribution in [-0.4, -0.2) is 4.57 Å². The summed E-state index contributed by atoms with van der Waals surface area (Å²) in [5.41, 5.74) is 17.7. The van der Waals surface area contributed by atoms with Gasteiger partial charge in [-0.3, -0.25) is 0 Å². The van der Waals surface area contributed by atoms with Gasteiger partial charge in [-0.15, -0.1) is 0 Å². The molecule has 0 radical (unpaired) electrons. The highest BCUT2D eigenvalue weighted by Crippen LogP contribution is 2.50. The van der Waals surface area contributed by atoms with Crippen LogP contribution < -0.4 is 5.32 Å². The van der Waals surface area contributed by atoms with Crippen molar-refractivity contribution in [2.45, 2.75) is 6.92 Å². The van der Waals surface area contributed by atoms with Crippen LogP contribution >= 0.6 is 0 Å². The molecule has 0 aliphatic heterocycles. The van der Waals surface area contributed by atoms with Crippen molar-refractivity contribution >= 4 is 76.7 Å². The minimum Gasteiger partial charge on any atom is -0.455 e. The summed E-state index contributed by atoms with van der Waals surface area (Å²) in [6.45, 7) is 2.23. The summed E-state index contributed by atoms with van der Waals surface area (Å²) in [6.07, 6.45) is 0. The molecule has 0 aliphatic carbocycles. The first-order valence-electron chi connectivity index (χ1n) is 22.7. The van der Waals surface area contributed by atoms with Gasteiger partial charge in [-0.05, 0) is 87.1 Å². The quantitative estimate of drug-likeness (QED) is 0.162. The van der Waals surface area contributed by atoms with Gasteiger partial charge < -0.3 is 14.3 Å². The van der Waals surface area contributed by atoms with Gasteiger partial charge >= 0.3 is 0 Å². The summed E-state index contributed by atoms with van der Waals surface area (Å²) < 4.78 is 8.93. The van der Waals surface area contributed by atoms with E-state index in [0.29, 0.717) is 0 Å². The first-order chi connectivity index (χ1) is 32.7. The molecule has 0 fully saturated rings. The molecule has 0 amide bonds. The van der Waals surface area contributed by atoms with Crippen LogP contribution in [0.15, 0.2) is 235 Å². The predicted molar refractivity (Wildman–Crippen MR) is 279 cm³/mol. The summed E-state index contributed by atoms with van der Waals surface area (Å²) in [4.78, 5) is 0. The first kappa shape index (κ1) is 37.9. The number of nitrogens with zero attached hydrogens (tertiary/aromatic N) is 1. The Morgan fingerprint density at radius 1 is 0.348 bits per heavy atom. The Morgan fingerprint density at radius 3 is 1.53 bits per heavy atom. The smallest absolute Gasteiger partial charge is 0.143 e. The van der Waals surface area contributed by atoms with Crippen LogP contribution in [0.4, 0.5) is 11.4 Å². The fourth-order valence-electron chi connectivity index (χ4n) is 10.6. The van der Waals surface area contributed by atoms with E-state index in [9.17, 15) is 0 Å². The number of hydrogen-bond acceptors (Lipinski definition) is 2. The summed E-state index contributed by atoms with van der Waals surface area (Å²) in [5, 5.41) is 13.7. The normalized spacial score (nSPS) is 11.7.